The number of nitrogens with one attached hydrogen (secondary N) is 1. The Morgan fingerprint density at radius 3 is 2.67 bits per heavy atom. The zero-order valence-corrected chi connectivity index (χ0v) is 12.6. The van der Waals surface area contributed by atoms with Gasteiger partial charge in [-0.25, -0.2) is 4.98 Å². The zero-order valence-electron chi connectivity index (χ0n) is 10.3. The van der Waals surface area contributed by atoms with Crippen LogP contribution >= 0.6 is 34.5 Å². The van der Waals surface area contributed by atoms with Crippen molar-refractivity contribution >= 4 is 40.2 Å². The summed E-state index contributed by atoms with van der Waals surface area (Å²) < 4.78 is 0. The monoisotopic (exact) mass is 300 g/mol. The molecule has 1 heterocycles. The first-order valence-corrected chi connectivity index (χ1v) is 7.30. The van der Waals surface area contributed by atoms with Crippen LogP contribution in [0, 0.1) is 13.8 Å². The third-order valence-corrected chi connectivity index (χ3v) is 4.48. The van der Waals surface area contributed by atoms with Crippen LogP contribution in [-0.4, -0.2) is 11.5 Å². The average Bonchev–Trinajstić information content (AvgIpc) is 2.72. The van der Waals surface area contributed by atoms with Crippen LogP contribution in [0.2, 0.25) is 10.0 Å². The standard InChI is InChI=1S/C13H14Cl2N2S/c1-8-5-11(15)12(6-10(8)14)16-4-3-13-9(2)17-7-18-13/h5-7,16H,3-4H2,1-2H3. The van der Waals surface area contributed by atoms with E-state index in [9.17, 15) is 0 Å². The number of rotatable bonds is 4. The molecule has 0 unspecified atom stereocenters. The molecule has 0 fully saturated rings. The van der Waals surface area contributed by atoms with Gasteiger partial charge in [0.2, 0.25) is 0 Å². The van der Waals surface area contributed by atoms with Gasteiger partial charge < -0.3 is 5.32 Å². The Morgan fingerprint density at radius 2 is 2.00 bits per heavy atom. The van der Waals surface area contributed by atoms with Crippen molar-refractivity contribution in [2.24, 2.45) is 0 Å². The van der Waals surface area contributed by atoms with Gasteiger partial charge in [-0.05, 0) is 31.5 Å². The molecule has 1 aromatic heterocycles. The van der Waals surface area contributed by atoms with E-state index in [0.29, 0.717) is 5.02 Å². The van der Waals surface area contributed by atoms with E-state index in [1.165, 1.54) is 4.88 Å². The van der Waals surface area contributed by atoms with Crippen LogP contribution in [0.15, 0.2) is 17.6 Å². The van der Waals surface area contributed by atoms with Crippen molar-refractivity contribution in [2.75, 3.05) is 11.9 Å². The highest BCUT2D eigenvalue weighted by atomic mass is 35.5. The van der Waals surface area contributed by atoms with Crippen molar-refractivity contribution < 1.29 is 0 Å². The maximum Gasteiger partial charge on any atom is 0.0797 e. The second-order valence-corrected chi connectivity index (χ2v) is 5.87. The van der Waals surface area contributed by atoms with E-state index in [2.05, 4.69) is 10.3 Å². The molecule has 0 aliphatic carbocycles. The number of halogens is 2. The minimum Gasteiger partial charge on any atom is -0.383 e. The fourth-order valence-corrected chi connectivity index (χ4v) is 2.89. The molecule has 5 heteroatoms. The first kappa shape index (κ1) is 13.7. The summed E-state index contributed by atoms with van der Waals surface area (Å²) in [5.74, 6) is 0. The third kappa shape index (κ3) is 3.16. The predicted molar refractivity (Wildman–Crippen MR) is 80.2 cm³/mol. The molecule has 0 aliphatic heterocycles. The van der Waals surface area contributed by atoms with Gasteiger partial charge in [0.15, 0.2) is 0 Å². The fourth-order valence-electron chi connectivity index (χ4n) is 1.66. The molecule has 96 valence electrons. The number of aryl methyl sites for hydroxylation is 2. The Balaban J connectivity index is 1.99. The smallest absolute Gasteiger partial charge is 0.0797 e. The number of benzene rings is 1. The molecule has 0 spiro atoms. The molecule has 2 rings (SSSR count). The Hall–Kier alpha value is -0.770. The Morgan fingerprint density at radius 1 is 1.22 bits per heavy atom. The summed E-state index contributed by atoms with van der Waals surface area (Å²) >= 11 is 13.9. The molecule has 1 aromatic carbocycles. The second kappa shape index (κ2) is 5.91. The Bertz CT molecular complexity index is 552. The molecule has 0 aliphatic rings. The van der Waals surface area contributed by atoms with Crippen molar-refractivity contribution in [1.29, 1.82) is 0 Å². The van der Waals surface area contributed by atoms with E-state index in [-0.39, 0.29) is 0 Å². The molecule has 0 bridgehead atoms. The molecular formula is C13H14Cl2N2S. The Kier molecular flexibility index (Phi) is 4.49. The largest absolute Gasteiger partial charge is 0.383 e. The molecule has 0 saturated carbocycles. The number of anilines is 1. The van der Waals surface area contributed by atoms with Gasteiger partial charge in [-0.15, -0.1) is 11.3 Å². The quantitative estimate of drug-likeness (QED) is 0.883. The lowest BCUT2D eigenvalue weighted by molar-refractivity contribution is 1.02. The van der Waals surface area contributed by atoms with Gasteiger partial charge in [0.25, 0.3) is 0 Å². The van der Waals surface area contributed by atoms with Crippen LogP contribution in [0.5, 0.6) is 0 Å². The van der Waals surface area contributed by atoms with Crippen LogP contribution in [0.1, 0.15) is 16.1 Å². The van der Waals surface area contributed by atoms with Crippen LogP contribution in [-0.2, 0) is 6.42 Å². The average molecular weight is 301 g/mol. The topological polar surface area (TPSA) is 24.9 Å². The van der Waals surface area contributed by atoms with E-state index >= 15 is 0 Å². The van der Waals surface area contributed by atoms with Crippen molar-refractivity contribution in [3.05, 3.63) is 43.8 Å². The van der Waals surface area contributed by atoms with Crippen LogP contribution in [0.25, 0.3) is 0 Å². The van der Waals surface area contributed by atoms with E-state index in [0.717, 1.165) is 34.9 Å². The first-order valence-electron chi connectivity index (χ1n) is 5.66. The van der Waals surface area contributed by atoms with Gasteiger partial charge >= 0.3 is 0 Å². The summed E-state index contributed by atoms with van der Waals surface area (Å²) in [5, 5.41) is 4.75. The molecular weight excluding hydrogens is 287 g/mol. The first-order chi connectivity index (χ1) is 8.58. The van der Waals surface area contributed by atoms with Gasteiger partial charge in [-0.1, -0.05) is 23.2 Å². The summed E-state index contributed by atoms with van der Waals surface area (Å²) in [4.78, 5) is 5.53. The third-order valence-electron chi connectivity index (χ3n) is 2.76. The number of thiazole rings is 1. The number of hydrogen-bond acceptors (Lipinski definition) is 3. The summed E-state index contributed by atoms with van der Waals surface area (Å²) in [6.07, 6.45) is 0.943. The lowest BCUT2D eigenvalue weighted by Gasteiger charge is -2.10. The molecule has 2 nitrogen and oxygen atoms in total. The minimum atomic E-state index is 0.706. The van der Waals surface area contributed by atoms with Crippen molar-refractivity contribution in [3.8, 4) is 0 Å². The SMILES string of the molecule is Cc1cc(Cl)c(NCCc2scnc2C)cc1Cl. The van der Waals surface area contributed by atoms with Crippen LogP contribution in [0.3, 0.4) is 0 Å². The molecule has 2 aromatic rings. The lowest BCUT2D eigenvalue weighted by Crippen LogP contribution is -2.05. The maximum atomic E-state index is 6.16. The summed E-state index contributed by atoms with van der Waals surface area (Å²) in [5.41, 5.74) is 4.86. The van der Waals surface area contributed by atoms with Crippen LogP contribution < -0.4 is 5.32 Å². The van der Waals surface area contributed by atoms with Gasteiger partial charge in [0.05, 0.1) is 21.9 Å². The highest BCUT2D eigenvalue weighted by molar-refractivity contribution is 7.09. The molecule has 0 radical (unpaired) electrons. The number of hydrogen-bond donors (Lipinski definition) is 1. The molecule has 1 N–H and O–H groups in total. The lowest BCUT2D eigenvalue weighted by atomic mass is 10.2. The summed E-state index contributed by atoms with van der Waals surface area (Å²) in [7, 11) is 0. The molecule has 18 heavy (non-hydrogen) atoms. The number of aromatic nitrogens is 1. The molecule has 0 atom stereocenters. The maximum absolute atomic E-state index is 6.16. The second-order valence-electron chi connectivity index (χ2n) is 4.12. The van der Waals surface area contributed by atoms with Crippen molar-refractivity contribution in [2.45, 2.75) is 20.3 Å². The van der Waals surface area contributed by atoms with E-state index in [1.807, 2.05) is 31.5 Å². The molecule has 0 saturated heterocycles. The number of nitrogens with zero attached hydrogens (tertiary/aromatic N) is 1. The summed E-state index contributed by atoms with van der Waals surface area (Å²) in [6, 6.07) is 3.75. The Labute approximate surface area is 121 Å². The summed E-state index contributed by atoms with van der Waals surface area (Å²) in [6.45, 7) is 4.79. The van der Waals surface area contributed by atoms with E-state index in [4.69, 9.17) is 23.2 Å². The normalized spacial score (nSPS) is 10.7. The van der Waals surface area contributed by atoms with Crippen LogP contribution in [0.4, 0.5) is 5.69 Å². The van der Waals surface area contributed by atoms with Crippen molar-refractivity contribution in [3.63, 3.8) is 0 Å². The van der Waals surface area contributed by atoms with Crippen molar-refractivity contribution in [1.82, 2.24) is 4.98 Å². The highest BCUT2D eigenvalue weighted by Gasteiger charge is 2.05. The van der Waals surface area contributed by atoms with E-state index < -0.39 is 0 Å². The molecule has 0 amide bonds. The van der Waals surface area contributed by atoms with Gasteiger partial charge in [-0.3, -0.25) is 0 Å². The predicted octanol–water partition coefficient (Wildman–Crippen LogP) is 4.72. The van der Waals surface area contributed by atoms with E-state index in [1.54, 1.807) is 11.3 Å². The fraction of sp³-hybridized carbons (Fsp3) is 0.308. The van der Waals surface area contributed by atoms with Gasteiger partial charge in [0, 0.05) is 22.9 Å². The van der Waals surface area contributed by atoms with Gasteiger partial charge in [0.1, 0.15) is 0 Å². The zero-order chi connectivity index (χ0) is 13.1. The van der Waals surface area contributed by atoms with Gasteiger partial charge in [-0.2, -0.15) is 0 Å². The highest BCUT2D eigenvalue weighted by Crippen LogP contribution is 2.28. The minimum absolute atomic E-state index is 0.706.